The second kappa shape index (κ2) is 21.0. The Morgan fingerprint density at radius 3 is 0.862 bits per heavy atom. The van der Waals surface area contributed by atoms with E-state index in [-0.39, 0.29) is 31.5 Å². The Hall–Kier alpha value is 4.90. The van der Waals surface area contributed by atoms with E-state index in [0.29, 0.717) is 22.0 Å². The molecule has 0 radical (unpaired) electrons. The summed E-state index contributed by atoms with van der Waals surface area (Å²) in [5.41, 5.74) is 0. The van der Waals surface area contributed by atoms with Crippen molar-refractivity contribution in [3.05, 3.63) is 0 Å². The monoisotopic (exact) mass is 660 g/mol. The van der Waals surface area contributed by atoms with Crippen LogP contribution in [-0.4, -0.2) is 73.8 Å². The normalized spacial score (nSPS) is 20.5. The summed E-state index contributed by atoms with van der Waals surface area (Å²) in [6, 6.07) is 0. The molecule has 0 aliphatic carbocycles. The Balaban J connectivity index is 5.46. The van der Waals surface area contributed by atoms with E-state index in [2.05, 4.69) is 75.8 Å². The van der Waals surface area contributed by atoms with Gasteiger partial charge in [-0.1, -0.05) is 0 Å². The highest BCUT2D eigenvalue weighted by atomic mass is 32.2. The van der Waals surface area contributed by atoms with Crippen molar-refractivity contribution in [2.45, 2.75) is 48.4 Å². The minimum absolute atomic E-state index is 0.153. The molecule has 0 saturated heterocycles. The zero-order chi connectivity index (χ0) is 22.4. The fourth-order valence-corrected chi connectivity index (χ4v) is 12.9. The third-order valence-electron chi connectivity index (χ3n) is 4.09. The number of rotatable bonds is 18. The molecule has 29 heavy (non-hydrogen) atoms. The lowest BCUT2D eigenvalue weighted by Gasteiger charge is -2.37. The maximum absolute atomic E-state index is 5.04. The van der Waals surface area contributed by atoms with Gasteiger partial charge in [0.05, 0.1) is 0 Å². The lowest BCUT2D eigenvalue weighted by atomic mass is 10.0. The highest BCUT2D eigenvalue weighted by Crippen LogP contribution is 2.40. The predicted molar refractivity (Wildman–Crippen MR) is 184 cm³/mol. The van der Waals surface area contributed by atoms with Crippen LogP contribution < -0.4 is 0 Å². The zero-order valence-electron chi connectivity index (χ0n) is 15.7. The van der Waals surface area contributed by atoms with Gasteiger partial charge in [0.25, 0.3) is 0 Å². The first-order chi connectivity index (χ1) is 13.8. The molecular weight excluding hydrogens is 629 g/mol. The van der Waals surface area contributed by atoms with Gasteiger partial charge in [-0.3, -0.25) is 0 Å². The first-order valence-electron chi connectivity index (χ1n) is 8.66. The summed E-state index contributed by atoms with van der Waals surface area (Å²) in [6.07, 6.45) is 0.872. The van der Waals surface area contributed by atoms with Gasteiger partial charge in [-0.25, -0.2) is 0 Å². The topological polar surface area (TPSA) is 0 Å². The maximum Gasteiger partial charge on any atom is 0.0365 e. The first kappa shape index (κ1) is 33.9. The molecule has 8 atom stereocenters. The Kier molecular flexibility index (Phi) is 24.6. The van der Waals surface area contributed by atoms with Crippen LogP contribution in [0.25, 0.3) is 0 Å². The molecule has 0 saturated carbocycles. The molecule has 0 fully saturated rings. The molecule has 0 aliphatic rings. The molecule has 0 amide bonds. The molecule has 176 valence electrons. The number of hydrogen-bond acceptors (Lipinski definition) is 14. The molecule has 0 heterocycles. The van der Waals surface area contributed by atoms with Gasteiger partial charge in [-0.05, 0) is 6.42 Å². The van der Waals surface area contributed by atoms with Crippen molar-refractivity contribution < 1.29 is 0 Å². The molecule has 0 aromatic heterocycles. The molecule has 0 aliphatic heterocycles. The first-order valence-corrected chi connectivity index (χ1v) is 18.7. The van der Waals surface area contributed by atoms with Gasteiger partial charge in [-0.2, -0.15) is 126 Å². The number of hydrogen-bond donors (Lipinski definition) is 10. The lowest BCUT2D eigenvalue weighted by molar-refractivity contribution is 0.638. The van der Waals surface area contributed by atoms with Gasteiger partial charge < -0.3 is 0 Å². The van der Waals surface area contributed by atoms with Gasteiger partial charge in [-0.15, -0.1) is 47.0 Å². The largest absolute Gasteiger partial charge is 0.178 e. The van der Waals surface area contributed by atoms with Gasteiger partial charge in [0.2, 0.25) is 0 Å². The van der Waals surface area contributed by atoms with E-state index >= 15 is 0 Å². The summed E-state index contributed by atoms with van der Waals surface area (Å²) in [5.74, 6) is 1.43. The SMILES string of the molecule is SCSC(C(S)CS)C(SCS)C(S)CC(S)C(SCS)C(SCS)C(S)CS. The summed E-state index contributed by atoms with van der Waals surface area (Å²) in [4.78, 5) is 0. The molecule has 14 heteroatoms. The van der Waals surface area contributed by atoms with Gasteiger partial charge in [0.1, 0.15) is 0 Å². The number of thiol groups is 10. The van der Waals surface area contributed by atoms with Crippen LogP contribution in [0.15, 0.2) is 0 Å². The molecule has 0 bridgehead atoms. The van der Waals surface area contributed by atoms with E-state index in [1.165, 1.54) is 0 Å². The average Bonchev–Trinajstić information content (AvgIpc) is 2.71. The molecule has 0 rings (SSSR count). The quantitative estimate of drug-likeness (QED) is 0.0612. The van der Waals surface area contributed by atoms with Crippen molar-refractivity contribution in [1.29, 1.82) is 0 Å². The second-order valence-corrected chi connectivity index (χ2v) is 16.9. The van der Waals surface area contributed by atoms with E-state index in [0.717, 1.165) is 26.8 Å². The summed E-state index contributed by atoms with van der Waals surface area (Å²) < 4.78 is 0. The molecule has 0 spiro atoms. The fourth-order valence-electron chi connectivity index (χ4n) is 2.77. The van der Waals surface area contributed by atoms with Crippen LogP contribution in [-0.2, 0) is 0 Å². The van der Waals surface area contributed by atoms with E-state index in [4.69, 9.17) is 50.5 Å². The minimum Gasteiger partial charge on any atom is -0.178 e. The molecule has 8 unspecified atom stereocenters. The third kappa shape index (κ3) is 13.1. The molecule has 0 aromatic rings. The summed E-state index contributed by atoms with van der Waals surface area (Å²) >= 11 is 53.7. The summed E-state index contributed by atoms with van der Waals surface area (Å²) in [5, 5.41) is 4.76. The minimum atomic E-state index is 0.153. The summed E-state index contributed by atoms with van der Waals surface area (Å²) in [6.45, 7) is 0. The molecule has 0 nitrogen and oxygen atoms in total. The Bertz CT molecular complexity index is 354. The van der Waals surface area contributed by atoms with Crippen LogP contribution in [0.2, 0.25) is 0 Å². The van der Waals surface area contributed by atoms with Crippen molar-refractivity contribution in [3.63, 3.8) is 0 Å². The van der Waals surface area contributed by atoms with Crippen LogP contribution in [0, 0.1) is 0 Å². The molecular formula is C15H32S14. The van der Waals surface area contributed by atoms with Gasteiger partial charge >= 0.3 is 0 Å². The summed E-state index contributed by atoms with van der Waals surface area (Å²) in [7, 11) is 0. The third-order valence-corrected chi connectivity index (χ3v) is 15.1. The van der Waals surface area contributed by atoms with Crippen LogP contribution in [0.1, 0.15) is 6.42 Å². The van der Waals surface area contributed by atoms with E-state index < -0.39 is 0 Å². The standard InChI is InChI=1S/C15H32S14/c16-2-10(24)14(28-6-20)12(26-4-18)8(22)1-9(23)13(27-5-19)15(29-7-21)11(25)3-17/h8-25H,1-7H2. The van der Waals surface area contributed by atoms with Crippen LogP contribution in [0.3, 0.4) is 0 Å². The van der Waals surface area contributed by atoms with E-state index in [1.54, 1.807) is 0 Å². The smallest absolute Gasteiger partial charge is 0.0365 e. The van der Waals surface area contributed by atoms with Crippen LogP contribution >= 0.6 is 173 Å². The van der Waals surface area contributed by atoms with E-state index in [1.807, 2.05) is 47.0 Å². The van der Waals surface area contributed by atoms with Crippen molar-refractivity contribution >= 4 is 173 Å². The second-order valence-electron chi connectivity index (χ2n) is 5.91. The highest BCUT2D eigenvalue weighted by Gasteiger charge is 2.37. The molecule has 0 aromatic carbocycles. The van der Waals surface area contributed by atoms with Crippen molar-refractivity contribution in [3.8, 4) is 0 Å². The van der Waals surface area contributed by atoms with Crippen molar-refractivity contribution in [2.75, 3.05) is 31.8 Å². The van der Waals surface area contributed by atoms with Gasteiger partial charge in [0, 0.05) is 73.8 Å². The van der Waals surface area contributed by atoms with Gasteiger partial charge in [0.15, 0.2) is 0 Å². The Labute approximate surface area is 250 Å². The zero-order valence-corrected chi connectivity index (χ0v) is 27.9. The molecule has 0 N–H and O–H groups in total. The van der Waals surface area contributed by atoms with Crippen LogP contribution in [0.5, 0.6) is 0 Å². The highest BCUT2D eigenvalue weighted by molar-refractivity contribution is 8.14. The predicted octanol–water partition coefficient (Wildman–Crippen LogP) is 6.39. The van der Waals surface area contributed by atoms with Crippen molar-refractivity contribution in [1.82, 2.24) is 0 Å². The van der Waals surface area contributed by atoms with Crippen molar-refractivity contribution in [2.24, 2.45) is 0 Å². The average molecular weight is 661 g/mol. The maximum atomic E-state index is 5.04. The lowest BCUT2D eigenvalue weighted by Crippen LogP contribution is -2.42. The number of thioether (sulfide) groups is 4. The fraction of sp³-hybridized carbons (Fsp3) is 1.00. The Morgan fingerprint density at radius 1 is 0.414 bits per heavy atom. The van der Waals surface area contributed by atoms with Crippen LogP contribution in [0.4, 0.5) is 0 Å². The van der Waals surface area contributed by atoms with E-state index in [9.17, 15) is 0 Å². The Morgan fingerprint density at radius 2 is 0.655 bits per heavy atom.